The average molecular weight is 443 g/mol. The van der Waals surface area contributed by atoms with Gasteiger partial charge < -0.3 is 9.47 Å². The third kappa shape index (κ3) is 4.22. The number of nitrogens with zero attached hydrogens (tertiary/aromatic N) is 3. The quantitative estimate of drug-likeness (QED) is 0.623. The topological polar surface area (TPSA) is 50.2 Å². The number of aryl methyl sites for hydroxylation is 3. The molecule has 1 N–H and O–H groups in total. The Morgan fingerprint density at radius 3 is 2.55 bits per heavy atom. The maximum atomic E-state index is 13.2. The first kappa shape index (κ1) is 21.9. The van der Waals surface area contributed by atoms with Crippen LogP contribution in [0.2, 0.25) is 0 Å². The van der Waals surface area contributed by atoms with Crippen LogP contribution >= 0.6 is 0 Å². The Morgan fingerprint density at radius 1 is 1.09 bits per heavy atom. The summed E-state index contributed by atoms with van der Waals surface area (Å²) in [6.07, 6.45) is 9.31. The van der Waals surface area contributed by atoms with Crippen LogP contribution in [0.15, 0.2) is 60.9 Å². The minimum Gasteiger partial charge on any atom is -0.342 e. The van der Waals surface area contributed by atoms with Crippen LogP contribution in [0.3, 0.4) is 0 Å². The molecule has 3 aromatic rings. The zero-order valence-corrected chi connectivity index (χ0v) is 19.8. The van der Waals surface area contributed by atoms with Crippen molar-refractivity contribution in [1.82, 2.24) is 19.8 Å². The lowest BCUT2D eigenvalue weighted by Gasteiger charge is -2.40. The fourth-order valence-corrected chi connectivity index (χ4v) is 5.73. The summed E-state index contributed by atoms with van der Waals surface area (Å²) in [6.45, 7) is 4.16. The second kappa shape index (κ2) is 9.14. The molecule has 2 heterocycles. The van der Waals surface area contributed by atoms with Gasteiger partial charge in [-0.2, -0.15) is 0 Å². The average Bonchev–Trinajstić information content (AvgIpc) is 3.44. The fourth-order valence-electron chi connectivity index (χ4n) is 5.73. The normalized spacial score (nSPS) is 17.8. The van der Waals surface area contributed by atoms with Crippen molar-refractivity contribution in [2.45, 2.75) is 50.5 Å². The number of benzene rings is 2. The van der Waals surface area contributed by atoms with Crippen molar-refractivity contribution in [1.29, 1.82) is 0 Å². The maximum Gasteiger partial charge on any atom is 0.236 e. The number of imidazole rings is 1. The first-order chi connectivity index (χ1) is 16.1. The molecule has 172 valence electrons. The number of aromatic nitrogens is 2. The van der Waals surface area contributed by atoms with E-state index in [0.717, 1.165) is 43.7 Å². The Hall–Kier alpha value is -2.92. The summed E-state index contributed by atoms with van der Waals surface area (Å²) in [6, 6.07) is 17.4. The molecule has 5 nitrogen and oxygen atoms in total. The highest BCUT2D eigenvalue weighted by atomic mass is 16.2. The molecule has 0 radical (unpaired) electrons. The van der Waals surface area contributed by atoms with Gasteiger partial charge in [0.1, 0.15) is 5.82 Å². The number of piperidine rings is 1. The van der Waals surface area contributed by atoms with E-state index in [-0.39, 0.29) is 17.4 Å². The highest BCUT2D eigenvalue weighted by molar-refractivity contribution is 5.78. The second-order valence-electron chi connectivity index (χ2n) is 9.62. The summed E-state index contributed by atoms with van der Waals surface area (Å²) < 4.78 is 2.03. The molecule has 5 rings (SSSR count). The van der Waals surface area contributed by atoms with E-state index in [1.54, 1.807) is 0 Å². The Balaban J connectivity index is 1.25. The molecule has 1 aliphatic heterocycles. The molecule has 2 aromatic carbocycles. The molecule has 1 aromatic heterocycles. The van der Waals surface area contributed by atoms with Gasteiger partial charge in [0.05, 0.1) is 12.6 Å². The molecule has 1 atom stereocenters. The molecule has 5 heteroatoms. The Morgan fingerprint density at radius 2 is 1.85 bits per heavy atom. The van der Waals surface area contributed by atoms with Gasteiger partial charge in [-0.25, -0.2) is 4.98 Å². The SMILES string of the molecule is CCc1ccc(C(NCC(=O)N2CCC3(CCc4ccccc43)CC2)c2nccn2C)cc1. The zero-order valence-electron chi connectivity index (χ0n) is 19.8. The Kier molecular flexibility index (Phi) is 6.07. The number of hydrogen-bond donors (Lipinski definition) is 1. The van der Waals surface area contributed by atoms with Crippen LogP contribution < -0.4 is 5.32 Å². The van der Waals surface area contributed by atoms with Crippen LogP contribution in [0.4, 0.5) is 0 Å². The summed E-state index contributed by atoms with van der Waals surface area (Å²) in [5.41, 5.74) is 5.75. The standard InChI is InChI=1S/C28H34N4O/c1-3-21-8-10-23(11-9-21)26(27-29-16-19-31(27)2)30-20-25(33)32-17-14-28(15-18-32)13-12-22-6-4-5-7-24(22)28/h4-11,16,19,26,30H,3,12-15,17-18,20H2,1-2H3. The number of likely N-dealkylation sites (tertiary alicyclic amines) is 1. The van der Waals surface area contributed by atoms with Gasteiger partial charge >= 0.3 is 0 Å². The zero-order chi connectivity index (χ0) is 22.8. The van der Waals surface area contributed by atoms with Crippen molar-refractivity contribution in [3.05, 3.63) is 89.0 Å². The predicted octanol–water partition coefficient (Wildman–Crippen LogP) is 4.17. The van der Waals surface area contributed by atoms with Crippen molar-refractivity contribution in [3.8, 4) is 0 Å². The van der Waals surface area contributed by atoms with Crippen LogP contribution in [-0.2, 0) is 30.1 Å². The third-order valence-corrected chi connectivity index (χ3v) is 7.83. The van der Waals surface area contributed by atoms with E-state index in [9.17, 15) is 4.79 Å². The smallest absolute Gasteiger partial charge is 0.236 e. The van der Waals surface area contributed by atoms with Crippen LogP contribution in [0.5, 0.6) is 0 Å². The number of hydrogen-bond acceptors (Lipinski definition) is 3. The number of nitrogens with one attached hydrogen (secondary N) is 1. The molecular formula is C28H34N4O. The van der Waals surface area contributed by atoms with Gasteiger partial charge in [-0.05, 0) is 59.8 Å². The maximum absolute atomic E-state index is 13.2. The van der Waals surface area contributed by atoms with E-state index in [1.807, 2.05) is 24.0 Å². The van der Waals surface area contributed by atoms with Gasteiger partial charge in [-0.3, -0.25) is 10.1 Å². The lowest BCUT2D eigenvalue weighted by molar-refractivity contribution is -0.132. The van der Waals surface area contributed by atoms with Crippen molar-refractivity contribution >= 4 is 5.91 Å². The van der Waals surface area contributed by atoms with Gasteiger partial charge in [0, 0.05) is 32.5 Å². The number of fused-ring (bicyclic) bond motifs is 2. The van der Waals surface area contributed by atoms with Crippen LogP contribution in [0.25, 0.3) is 0 Å². The first-order valence-electron chi connectivity index (χ1n) is 12.3. The summed E-state index contributed by atoms with van der Waals surface area (Å²) in [4.78, 5) is 19.8. The molecule has 1 spiro atoms. The summed E-state index contributed by atoms with van der Waals surface area (Å²) in [7, 11) is 2.00. The van der Waals surface area contributed by atoms with E-state index in [2.05, 4.69) is 70.7 Å². The molecule has 1 unspecified atom stereocenters. The fraction of sp³-hybridized carbons (Fsp3) is 0.429. The van der Waals surface area contributed by atoms with E-state index in [1.165, 1.54) is 29.5 Å². The molecule has 1 saturated heterocycles. The lowest BCUT2D eigenvalue weighted by Crippen LogP contribution is -2.47. The van der Waals surface area contributed by atoms with Crippen LogP contribution in [0, 0.1) is 0 Å². The molecule has 1 aliphatic carbocycles. The van der Waals surface area contributed by atoms with E-state index in [4.69, 9.17) is 0 Å². The van der Waals surface area contributed by atoms with Crippen LogP contribution in [-0.4, -0.2) is 40.0 Å². The van der Waals surface area contributed by atoms with E-state index in [0.29, 0.717) is 6.54 Å². The number of amides is 1. The minimum atomic E-state index is -0.113. The first-order valence-corrected chi connectivity index (χ1v) is 12.3. The number of carbonyl (C=O) groups excluding carboxylic acids is 1. The highest BCUT2D eigenvalue weighted by Gasteiger charge is 2.41. The molecule has 2 aliphatic rings. The monoisotopic (exact) mass is 442 g/mol. The van der Waals surface area contributed by atoms with Crippen LogP contribution in [0.1, 0.15) is 60.3 Å². The van der Waals surface area contributed by atoms with Crippen molar-refractivity contribution < 1.29 is 4.79 Å². The second-order valence-corrected chi connectivity index (χ2v) is 9.62. The summed E-state index contributed by atoms with van der Waals surface area (Å²) in [5.74, 6) is 1.10. The Bertz CT molecular complexity index is 1110. The number of rotatable bonds is 6. The molecule has 1 fully saturated rings. The summed E-state index contributed by atoms with van der Waals surface area (Å²) >= 11 is 0. The molecule has 0 saturated carbocycles. The molecule has 0 bridgehead atoms. The highest BCUT2D eigenvalue weighted by Crippen LogP contribution is 2.46. The van der Waals surface area contributed by atoms with E-state index >= 15 is 0 Å². The van der Waals surface area contributed by atoms with Gasteiger partial charge in [0.2, 0.25) is 5.91 Å². The Labute approximate surface area is 196 Å². The largest absolute Gasteiger partial charge is 0.342 e. The van der Waals surface area contributed by atoms with Gasteiger partial charge in [0.15, 0.2) is 0 Å². The molecule has 33 heavy (non-hydrogen) atoms. The summed E-state index contributed by atoms with van der Waals surface area (Å²) in [5, 5.41) is 3.52. The van der Waals surface area contributed by atoms with Gasteiger partial charge in [-0.1, -0.05) is 55.5 Å². The van der Waals surface area contributed by atoms with Crippen molar-refractivity contribution in [3.63, 3.8) is 0 Å². The van der Waals surface area contributed by atoms with Crippen molar-refractivity contribution in [2.24, 2.45) is 7.05 Å². The molecular weight excluding hydrogens is 408 g/mol. The third-order valence-electron chi connectivity index (χ3n) is 7.83. The lowest BCUT2D eigenvalue weighted by atomic mass is 9.74. The van der Waals surface area contributed by atoms with E-state index < -0.39 is 0 Å². The van der Waals surface area contributed by atoms with Gasteiger partial charge in [-0.15, -0.1) is 0 Å². The van der Waals surface area contributed by atoms with Gasteiger partial charge in [0.25, 0.3) is 0 Å². The molecule has 1 amide bonds. The number of carbonyl (C=O) groups is 1. The predicted molar refractivity (Wildman–Crippen MR) is 131 cm³/mol. The minimum absolute atomic E-state index is 0.113. The van der Waals surface area contributed by atoms with Crippen molar-refractivity contribution in [2.75, 3.05) is 19.6 Å².